The van der Waals surface area contributed by atoms with Gasteiger partial charge in [-0.15, -0.1) is 10.2 Å². The van der Waals surface area contributed by atoms with Crippen LogP contribution in [0.15, 0.2) is 35.5 Å². The van der Waals surface area contributed by atoms with Crippen molar-refractivity contribution in [2.24, 2.45) is 0 Å². The van der Waals surface area contributed by atoms with Crippen LogP contribution in [0, 0.1) is 6.92 Å². The van der Waals surface area contributed by atoms with E-state index in [4.69, 9.17) is 4.74 Å². The summed E-state index contributed by atoms with van der Waals surface area (Å²) in [7, 11) is 1.71. The van der Waals surface area contributed by atoms with E-state index in [1.807, 2.05) is 6.07 Å². The number of rotatable bonds is 4. The van der Waals surface area contributed by atoms with Gasteiger partial charge in [0.05, 0.1) is 12.1 Å². The maximum absolute atomic E-state index is 5.08. The number of methoxy groups -OCH3 is 1. The fourth-order valence-corrected chi connectivity index (χ4v) is 3.04. The summed E-state index contributed by atoms with van der Waals surface area (Å²) in [5, 5.41) is 10.7. The summed E-state index contributed by atoms with van der Waals surface area (Å²) in [6.07, 6.45) is 0. The molecule has 0 spiro atoms. The van der Waals surface area contributed by atoms with Crippen LogP contribution in [0.2, 0.25) is 0 Å². The lowest BCUT2D eigenvalue weighted by Gasteiger charge is -2.06. The first-order valence-corrected chi connectivity index (χ1v) is 7.15. The van der Waals surface area contributed by atoms with Crippen molar-refractivity contribution < 1.29 is 4.74 Å². The van der Waals surface area contributed by atoms with Gasteiger partial charge in [-0.2, -0.15) is 0 Å². The van der Waals surface area contributed by atoms with Crippen LogP contribution in [0.5, 0.6) is 0 Å². The molecule has 0 bridgehead atoms. The summed E-state index contributed by atoms with van der Waals surface area (Å²) >= 11 is 1.67. The van der Waals surface area contributed by atoms with Crippen LogP contribution in [0.25, 0.3) is 16.6 Å². The molecule has 1 aromatic carbocycles. The van der Waals surface area contributed by atoms with Crippen LogP contribution in [-0.4, -0.2) is 34.1 Å². The van der Waals surface area contributed by atoms with Gasteiger partial charge in [0.1, 0.15) is 0 Å². The Balaban J connectivity index is 2.17. The predicted octanol–water partition coefficient (Wildman–Crippen LogP) is 2.93. The molecule has 2 aromatic heterocycles. The highest BCUT2D eigenvalue weighted by atomic mass is 32.2. The summed E-state index contributed by atoms with van der Waals surface area (Å²) < 4.78 is 7.19. The third-order valence-corrected chi connectivity index (χ3v) is 3.99. The zero-order valence-electron chi connectivity index (χ0n) is 11.0. The van der Waals surface area contributed by atoms with Gasteiger partial charge in [-0.1, -0.05) is 30.0 Å². The van der Waals surface area contributed by atoms with Gasteiger partial charge in [-0.05, 0) is 24.6 Å². The van der Waals surface area contributed by atoms with Gasteiger partial charge >= 0.3 is 0 Å². The quantitative estimate of drug-likeness (QED) is 0.541. The second kappa shape index (κ2) is 5.19. The largest absolute Gasteiger partial charge is 0.384 e. The SMILES string of the molecule is COCCSc1nnc2cc(C)c3ccccc3n12. The lowest BCUT2D eigenvalue weighted by molar-refractivity contribution is 0.218. The van der Waals surface area contributed by atoms with Crippen molar-refractivity contribution in [3.63, 3.8) is 0 Å². The van der Waals surface area contributed by atoms with Crippen LogP contribution in [0.3, 0.4) is 0 Å². The fraction of sp³-hybridized carbons (Fsp3) is 0.286. The molecule has 0 aliphatic carbocycles. The minimum Gasteiger partial charge on any atom is -0.384 e. The molecule has 0 atom stereocenters. The van der Waals surface area contributed by atoms with Crippen molar-refractivity contribution in [2.75, 3.05) is 19.5 Å². The van der Waals surface area contributed by atoms with E-state index in [-0.39, 0.29) is 0 Å². The number of pyridine rings is 1. The van der Waals surface area contributed by atoms with E-state index in [9.17, 15) is 0 Å². The number of aromatic nitrogens is 3. The Morgan fingerprint density at radius 2 is 2.11 bits per heavy atom. The minimum absolute atomic E-state index is 0.712. The van der Waals surface area contributed by atoms with Gasteiger partial charge in [0.2, 0.25) is 0 Å². The maximum atomic E-state index is 5.08. The van der Waals surface area contributed by atoms with Crippen molar-refractivity contribution >= 4 is 28.3 Å². The van der Waals surface area contributed by atoms with Gasteiger partial charge in [-0.25, -0.2) is 0 Å². The van der Waals surface area contributed by atoms with Crippen LogP contribution in [0.1, 0.15) is 5.56 Å². The second-order valence-electron chi connectivity index (χ2n) is 4.36. The minimum atomic E-state index is 0.712. The van der Waals surface area contributed by atoms with Gasteiger partial charge in [-0.3, -0.25) is 4.40 Å². The number of nitrogens with zero attached hydrogens (tertiary/aromatic N) is 3. The zero-order valence-corrected chi connectivity index (χ0v) is 11.8. The van der Waals surface area contributed by atoms with E-state index in [0.717, 1.165) is 22.1 Å². The standard InChI is InChI=1S/C14H15N3OS/c1-10-9-13-15-16-14(19-8-7-18-2)17(13)12-6-4-3-5-11(10)12/h3-6,9H,7-8H2,1-2H3. The van der Waals surface area contributed by atoms with Crippen molar-refractivity contribution in [1.82, 2.24) is 14.6 Å². The molecule has 0 N–H and O–H groups in total. The average Bonchev–Trinajstić information content (AvgIpc) is 2.83. The van der Waals surface area contributed by atoms with Crippen LogP contribution in [0.4, 0.5) is 0 Å². The Morgan fingerprint density at radius 1 is 1.26 bits per heavy atom. The van der Waals surface area contributed by atoms with E-state index in [1.54, 1.807) is 18.9 Å². The molecule has 0 unspecified atom stereocenters. The monoisotopic (exact) mass is 273 g/mol. The number of ether oxygens (including phenoxy) is 1. The third kappa shape index (κ3) is 2.19. The molecule has 3 aromatic rings. The molecule has 0 radical (unpaired) electrons. The Morgan fingerprint density at radius 3 is 2.95 bits per heavy atom. The molecule has 4 nitrogen and oxygen atoms in total. The fourth-order valence-electron chi connectivity index (χ4n) is 2.18. The molecule has 0 fully saturated rings. The lowest BCUT2D eigenvalue weighted by atomic mass is 10.1. The third-order valence-electron chi connectivity index (χ3n) is 3.09. The lowest BCUT2D eigenvalue weighted by Crippen LogP contribution is -1.96. The highest BCUT2D eigenvalue weighted by Crippen LogP contribution is 2.25. The summed E-state index contributed by atoms with van der Waals surface area (Å²) in [5.74, 6) is 0.875. The first kappa shape index (κ1) is 12.4. The van der Waals surface area contributed by atoms with E-state index in [2.05, 4.69) is 45.8 Å². The van der Waals surface area contributed by atoms with Gasteiger partial charge in [0, 0.05) is 18.2 Å². The summed E-state index contributed by atoms with van der Waals surface area (Å²) in [6, 6.07) is 10.4. The number of hydrogen-bond donors (Lipinski definition) is 0. The summed E-state index contributed by atoms with van der Waals surface area (Å²) in [5.41, 5.74) is 3.28. The molecule has 0 saturated heterocycles. The number of benzene rings is 1. The number of para-hydroxylation sites is 1. The van der Waals surface area contributed by atoms with E-state index in [0.29, 0.717) is 6.61 Å². The first-order chi connectivity index (χ1) is 9.31. The van der Waals surface area contributed by atoms with Crippen molar-refractivity contribution in [2.45, 2.75) is 12.1 Å². The van der Waals surface area contributed by atoms with Crippen LogP contribution >= 0.6 is 11.8 Å². The zero-order chi connectivity index (χ0) is 13.2. The molecule has 19 heavy (non-hydrogen) atoms. The average molecular weight is 273 g/mol. The molecule has 98 valence electrons. The van der Waals surface area contributed by atoms with Crippen molar-refractivity contribution in [3.8, 4) is 0 Å². The molecule has 2 heterocycles. The predicted molar refractivity (Wildman–Crippen MR) is 77.8 cm³/mol. The number of fused-ring (bicyclic) bond motifs is 3. The summed E-state index contributed by atoms with van der Waals surface area (Å²) in [6.45, 7) is 2.82. The highest BCUT2D eigenvalue weighted by Gasteiger charge is 2.10. The maximum Gasteiger partial charge on any atom is 0.196 e. The molecule has 0 saturated carbocycles. The second-order valence-corrected chi connectivity index (χ2v) is 5.42. The first-order valence-electron chi connectivity index (χ1n) is 6.16. The number of aryl methyl sites for hydroxylation is 1. The molecule has 0 aliphatic heterocycles. The Kier molecular flexibility index (Phi) is 3.40. The van der Waals surface area contributed by atoms with Gasteiger partial charge in [0.15, 0.2) is 10.8 Å². The Labute approximate surface area is 115 Å². The molecule has 3 rings (SSSR count). The van der Waals surface area contributed by atoms with Gasteiger partial charge in [0.25, 0.3) is 0 Å². The smallest absolute Gasteiger partial charge is 0.196 e. The van der Waals surface area contributed by atoms with E-state index < -0.39 is 0 Å². The van der Waals surface area contributed by atoms with Crippen LogP contribution in [-0.2, 0) is 4.74 Å². The normalized spacial score (nSPS) is 11.5. The van der Waals surface area contributed by atoms with Gasteiger partial charge < -0.3 is 4.74 Å². The highest BCUT2D eigenvalue weighted by molar-refractivity contribution is 7.99. The van der Waals surface area contributed by atoms with Crippen molar-refractivity contribution in [1.29, 1.82) is 0 Å². The molecular formula is C14H15N3OS. The molecule has 0 aliphatic rings. The molecular weight excluding hydrogens is 258 g/mol. The van der Waals surface area contributed by atoms with E-state index in [1.165, 1.54) is 10.9 Å². The number of thioether (sulfide) groups is 1. The number of hydrogen-bond acceptors (Lipinski definition) is 4. The Hall–Kier alpha value is -1.59. The molecule has 0 amide bonds. The molecule has 5 heteroatoms. The topological polar surface area (TPSA) is 39.4 Å². The van der Waals surface area contributed by atoms with E-state index >= 15 is 0 Å². The van der Waals surface area contributed by atoms with Crippen molar-refractivity contribution in [3.05, 3.63) is 35.9 Å². The Bertz CT molecular complexity index is 723. The van der Waals surface area contributed by atoms with Crippen LogP contribution < -0.4 is 0 Å². The summed E-state index contributed by atoms with van der Waals surface area (Å²) in [4.78, 5) is 0.